The predicted molar refractivity (Wildman–Crippen MR) is 41.9 cm³/mol. The monoisotopic (exact) mass is 132 g/mol. The molecule has 1 aromatic carbocycles. The van der Waals surface area contributed by atoms with Gasteiger partial charge >= 0.3 is 0 Å². The van der Waals surface area contributed by atoms with E-state index in [0.29, 0.717) is 0 Å². The number of benzene rings is 1. The van der Waals surface area contributed by atoms with Gasteiger partial charge in [0.15, 0.2) is 0 Å². The standard InChI is InChI=1S/C8H8N2/c1-9-7-10-8-5-3-2-4-6-8/h2-6H,1H3. The van der Waals surface area contributed by atoms with E-state index in [1.54, 1.807) is 7.05 Å². The molecule has 0 fully saturated rings. The average molecular weight is 132 g/mol. The van der Waals surface area contributed by atoms with Crippen LogP contribution in [0.25, 0.3) is 0 Å². The molecule has 1 aromatic rings. The summed E-state index contributed by atoms with van der Waals surface area (Å²) in [6, 6.07) is 12.1. The van der Waals surface area contributed by atoms with Crippen molar-refractivity contribution in [1.29, 1.82) is 0 Å². The van der Waals surface area contributed by atoms with Crippen molar-refractivity contribution in [3.63, 3.8) is 0 Å². The van der Waals surface area contributed by atoms with Crippen molar-refractivity contribution in [2.24, 2.45) is 9.98 Å². The summed E-state index contributed by atoms with van der Waals surface area (Å²) in [7, 11) is 1.65. The Bertz CT molecular complexity index is 245. The second-order valence-corrected chi connectivity index (χ2v) is 1.77. The highest BCUT2D eigenvalue weighted by Crippen LogP contribution is 2.07. The van der Waals surface area contributed by atoms with Crippen LogP contribution in [0.5, 0.6) is 0 Å². The van der Waals surface area contributed by atoms with Crippen molar-refractivity contribution in [2.75, 3.05) is 7.05 Å². The SMILES string of the molecule is CN=C=Nc1ccccc1. The van der Waals surface area contributed by atoms with Gasteiger partial charge in [0.05, 0.1) is 11.7 Å². The van der Waals surface area contributed by atoms with E-state index < -0.39 is 0 Å². The van der Waals surface area contributed by atoms with Gasteiger partial charge in [0.2, 0.25) is 0 Å². The van der Waals surface area contributed by atoms with Gasteiger partial charge in [-0.05, 0) is 12.1 Å². The minimum Gasteiger partial charge on any atom is -0.229 e. The van der Waals surface area contributed by atoms with Gasteiger partial charge < -0.3 is 0 Å². The molecule has 0 saturated carbocycles. The minimum absolute atomic E-state index is 0.883. The van der Waals surface area contributed by atoms with Crippen LogP contribution < -0.4 is 0 Å². The normalized spacial score (nSPS) is 8.10. The molecule has 1 rings (SSSR count). The minimum atomic E-state index is 0.883. The van der Waals surface area contributed by atoms with E-state index in [0.717, 1.165) is 5.69 Å². The lowest BCUT2D eigenvalue weighted by molar-refractivity contribution is 1.44. The summed E-state index contributed by atoms with van der Waals surface area (Å²) in [4.78, 5) is 7.52. The topological polar surface area (TPSA) is 24.7 Å². The van der Waals surface area contributed by atoms with Gasteiger partial charge in [0.25, 0.3) is 0 Å². The number of aliphatic imine (C=N–C) groups is 2. The summed E-state index contributed by atoms with van der Waals surface area (Å²) in [6.45, 7) is 0. The molecule has 50 valence electrons. The molecule has 2 heteroatoms. The number of rotatable bonds is 1. The molecular weight excluding hydrogens is 124 g/mol. The number of para-hydroxylation sites is 1. The molecule has 0 atom stereocenters. The zero-order chi connectivity index (χ0) is 7.23. The lowest BCUT2D eigenvalue weighted by atomic mass is 10.3. The van der Waals surface area contributed by atoms with Crippen molar-refractivity contribution in [3.05, 3.63) is 30.3 Å². The highest BCUT2D eigenvalue weighted by Gasteiger charge is 1.79. The summed E-state index contributed by atoms with van der Waals surface area (Å²) in [5.41, 5.74) is 0.883. The van der Waals surface area contributed by atoms with Crippen molar-refractivity contribution in [2.45, 2.75) is 0 Å². The van der Waals surface area contributed by atoms with E-state index in [1.165, 1.54) is 0 Å². The van der Waals surface area contributed by atoms with Gasteiger partial charge in [0, 0.05) is 7.05 Å². The highest BCUT2D eigenvalue weighted by atomic mass is 14.8. The third-order valence-electron chi connectivity index (χ3n) is 1.04. The van der Waals surface area contributed by atoms with Crippen LogP contribution in [-0.2, 0) is 0 Å². The third kappa shape index (κ3) is 1.84. The summed E-state index contributed by atoms with van der Waals surface area (Å²) in [6.07, 6.45) is 0. The molecule has 0 amide bonds. The largest absolute Gasteiger partial charge is 0.229 e. The van der Waals surface area contributed by atoms with Crippen molar-refractivity contribution in [3.8, 4) is 0 Å². The Morgan fingerprint density at radius 1 is 1.20 bits per heavy atom. The predicted octanol–water partition coefficient (Wildman–Crippen LogP) is 2.12. The smallest absolute Gasteiger partial charge is 0.0946 e. The fraction of sp³-hybridized carbons (Fsp3) is 0.125. The van der Waals surface area contributed by atoms with Gasteiger partial charge in [-0.1, -0.05) is 18.2 Å². The van der Waals surface area contributed by atoms with Crippen LogP contribution in [0.2, 0.25) is 0 Å². The zero-order valence-corrected chi connectivity index (χ0v) is 5.78. The summed E-state index contributed by atoms with van der Waals surface area (Å²) in [5.74, 6) is 0. The van der Waals surface area contributed by atoms with Gasteiger partial charge in [-0.2, -0.15) is 4.99 Å². The van der Waals surface area contributed by atoms with Gasteiger partial charge in [-0.3, -0.25) is 0 Å². The Kier molecular flexibility index (Phi) is 2.41. The third-order valence-corrected chi connectivity index (χ3v) is 1.04. The maximum absolute atomic E-state index is 3.91. The summed E-state index contributed by atoms with van der Waals surface area (Å²) >= 11 is 0. The molecule has 2 nitrogen and oxygen atoms in total. The Hall–Kier alpha value is -1.40. The molecule has 0 saturated heterocycles. The van der Waals surface area contributed by atoms with Crippen LogP contribution in [0.3, 0.4) is 0 Å². The first kappa shape index (κ1) is 6.72. The fourth-order valence-corrected chi connectivity index (χ4v) is 0.610. The lowest BCUT2D eigenvalue weighted by Crippen LogP contribution is -1.60. The first-order valence-electron chi connectivity index (χ1n) is 3.03. The van der Waals surface area contributed by atoms with Crippen LogP contribution >= 0.6 is 0 Å². The van der Waals surface area contributed by atoms with Crippen LogP contribution in [0.4, 0.5) is 5.69 Å². The maximum Gasteiger partial charge on any atom is 0.0946 e. The van der Waals surface area contributed by atoms with Gasteiger partial charge in [0.1, 0.15) is 0 Å². The molecule has 10 heavy (non-hydrogen) atoms. The Morgan fingerprint density at radius 3 is 2.50 bits per heavy atom. The zero-order valence-electron chi connectivity index (χ0n) is 5.78. The van der Waals surface area contributed by atoms with Crippen LogP contribution in [0.15, 0.2) is 40.3 Å². The lowest BCUT2D eigenvalue weighted by Gasteiger charge is -1.84. The summed E-state index contributed by atoms with van der Waals surface area (Å²) in [5, 5.41) is 0. The Morgan fingerprint density at radius 2 is 1.90 bits per heavy atom. The van der Waals surface area contributed by atoms with Crippen LogP contribution in [0.1, 0.15) is 0 Å². The Balaban J connectivity index is 2.87. The van der Waals surface area contributed by atoms with Crippen LogP contribution in [-0.4, -0.2) is 13.1 Å². The molecule has 0 aliphatic rings. The van der Waals surface area contributed by atoms with E-state index in [1.807, 2.05) is 30.3 Å². The molecule has 0 spiro atoms. The molecule has 0 aliphatic heterocycles. The van der Waals surface area contributed by atoms with Crippen molar-refractivity contribution < 1.29 is 0 Å². The molecule has 0 radical (unpaired) electrons. The number of hydrogen-bond donors (Lipinski definition) is 0. The molecule has 0 N–H and O–H groups in total. The average Bonchev–Trinajstić information content (AvgIpc) is 2.03. The first-order chi connectivity index (χ1) is 4.93. The number of nitrogens with zero attached hydrogens (tertiary/aromatic N) is 2. The number of hydrogen-bond acceptors (Lipinski definition) is 2. The van der Waals surface area contributed by atoms with Crippen molar-refractivity contribution >= 4 is 11.7 Å². The fourth-order valence-electron chi connectivity index (χ4n) is 0.610. The van der Waals surface area contributed by atoms with Crippen LogP contribution in [0, 0.1) is 0 Å². The van der Waals surface area contributed by atoms with Gasteiger partial charge in [-0.25, -0.2) is 4.99 Å². The molecule has 0 heterocycles. The molecule has 0 aromatic heterocycles. The van der Waals surface area contributed by atoms with E-state index in [9.17, 15) is 0 Å². The molecule has 0 bridgehead atoms. The summed E-state index contributed by atoms with van der Waals surface area (Å²) < 4.78 is 0. The molecule has 0 aliphatic carbocycles. The van der Waals surface area contributed by atoms with E-state index in [2.05, 4.69) is 16.0 Å². The van der Waals surface area contributed by atoms with Gasteiger partial charge in [-0.15, -0.1) is 0 Å². The molecular formula is C8H8N2. The molecule has 0 unspecified atom stereocenters. The van der Waals surface area contributed by atoms with E-state index in [4.69, 9.17) is 0 Å². The second-order valence-electron chi connectivity index (χ2n) is 1.77. The van der Waals surface area contributed by atoms with E-state index >= 15 is 0 Å². The maximum atomic E-state index is 3.91. The second kappa shape index (κ2) is 3.59. The first-order valence-corrected chi connectivity index (χ1v) is 3.03. The highest BCUT2D eigenvalue weighted by molar-refractivity contribution is 5.51. The quantitative estimate of drug-likeness (QED) is 0.523. The Labute approximate surface area is 60.0 Å². The van der Waals surface area contributed by atoms with Crippen molar-refractivity contribution in [1.82, 2.24) is 0 Å². The van der Waals surface area contributed by atoms with E-state index in [-0.39, 0.29) is 0 Å².